The number of benzene rings is 3. The van der Waals surface area contributed by atoms with E-state index in [-0.39, 0.29) is 41.6 Å². The van der Waals surface area contributed by atoms with Crippen LogP contribution in [0.2, 0.25) is 0 Å². The number of ether oxygens (including phenoxy) is 1. The Bertz CT molecular complexity index is 1790. The van der Waals surface area contributed by atoms with E-state index in [4.69, 9.17) is 21.1 Å². The van der Waals surface area contributed by atoms with Gasteiger partial charge < -0.3 is 30.5 Å². The molecular weight excluding hydrogens is 689 g/mol. The number of amides is 2. The number of carboxylic acids is 1. The Morgan fingerprint density at radius 3 is 2.31 bits per heavy atom. The summed E-state index contributed by atoms with van der Waals surface area (Å²) in [6, 6.07) is 14.9. The van der Waals surface area contributed by atoms with Crippen molar-refractivity contribution in [3.8, 4) is 12.3 Å². The first-order valence-corrected chi connectivity index (χ1v) is 16.5. The summed E-state index contributed by atoms with van der Waals surface area (Å²) in [4.78, 5) is 37.8. The lowest BCUT2D eigenvalue weighted by atomic mass is 9.98. The fourth-order valence-electron chi connectivity index (χ4n) is 6.23. The molecule has 0 spiro atoms. The second-order valence-corrected chi connectivity index (χ2v) is 13.0. The summed E-state index contributed by atoms with van der Waals surface area (Å²) in [6.45, 7) is 2.97. The van der Waals surface area contributed by atoms with Gasteiger partial charge in [0, 0.05) is 48.5 Å². The SMILES string of the molecule is C#Cc1cccc(C2(NC[C@H](O)[C@@H](Cc3cc(F)cc(F)c3)NC(=O)c3cc(C)cc(C(=O)N4CCC[C@@H]4COC)c3)CC2)c1.O=C(O)C(F)(F)F. The lowest BCUT2D eigenvalue weighted by molar-refractivity contribution is -0.192. The van der Waals surface area contributed by atoms with Crippen LogP contribution in [0.25, 0.3) is 0 Å². The maximum absolute atomic E-state index is 14.1. The van der Waals surface area contributed by atoms with Gasteiger partial charge in [-0.1, -0.05) is 18.1 Å². The van der Waals surface area contributed by atoms with Gasteiger partial charge >= 0.3 is 12.1 Å². The quantitative estimate of drug-likeness (QED) is 0.151. The number of alkyl halides is 3. The van der Waals surface area contributed by atoms with Gasteiger partial charge in [0.2, 0.25) is 0 Å². The highest BCUT2D eigenvalue weighted by atomic mass is 19.4. The Balaban J connectivity index is 0.000000785. The minimum atomic E-state index is -5.08. The molecule has 9 nitrogen and oxygen atoms in total. The van der Waals surface area contributed by atoms with Gasteiger partial charge in [-0.05, 0) is 98.2 Å². The van der Waals surface area contributed by atoms with Gasteiger partial charge in [0.1, 0.15) is 11.6 Å². The largest absolute Gasteiger partial charge is 0.490 e. The minimum Gasteiger partial charge on any atom is -0.475 e. The van der Waals surface area contributed by atoms with Crippen LogP contribution < -0.4 is 10.6 Å². The summed E-state index contributed by atoms with van der Waals surface area (Å²) in [6.07, 6.45) is 2.80. The standard InChI is InChI=1S/C36H39F2N3O4.C2HF3O2/c1-4-24-7-5-8-28(15-24)36(10-11-36)39-21-33(42)32(18-25-16-29(37)20-30(38)17-25)40-34(43)26-13-23(2)14-27(19-26)35(44)41-12-6-9-31(41)22-45-3;3-2(4,5)1(6)7/h1,5,7-8,13-17,19-20,31-33,39,42H,6,9-12,18,21-22H2,2-3H3,(H,40,43);(H,6,7)/t31-,32-,33+;/m1./s1. The molecule has 0 bridgehead atoms. The van der Waals surface area contributed by atoms with Crippen molar-refractivity contribution >= 4 is 17.8 Å². The van der Waals surface area contributed by atoms with Gasteiger partial charge in [0.15, 0.2) is 0 Å². The highest BCUT2D eigenvalue weighted by Crippen LogP contribution is 2.45. The summed E-state index contributed by atoms with van der Waals surface area (Å²) in [5.74, 6) is -2.29. The van der Waals surface area contributed by atoms with E-state index in [1.807, 2.05) is 24.3 Å². The third kappa shape index (κ3) is 10.6. The number of hydrogen-bond acceptors (Lipinski definition) is 6. The maximum atomic E-state index is 14.1. The maximum Gasteiger partial charge on any atom is 0.490 e. The number of aliphatic hydroxyl groups is 1. The van der Waals surface area contributed by atoms with Crippen molar-refractivity contribution in [3.63, 3.8) is 0 Å². The van der Waals surface area contributed by atoms with Crippen molar-refractivity contribution in [3.05, 3.63) is 106 Å². The number of carboxylic acid groups (broad SMARTS) is 1. The van der Waals surface area contributed by atoms with E-state index >= 15 is 0 Å². The Morgan fingerprint density at radius 1 is 1.06 bits per heavy atom. The number of hydrogen-bond donors (Lipinski definition) is 4. The van der Waals surface area contributed by atoms with Crippen LogP contribution in [0.1, 0.15) is 68.7 Å². The molecule has 0 unspecified atom stereocenters. The van der Waals surface area contributed by atoms with Crippen molar-refractivity contribution in [1.82, 2.24) is 15.5 Å². The van der Waals surface area contributed by atoms with Crippen LogP contribution in [-0.4, -0.2) is 84.1 Å². The second-order valence-electron chi connectivity index (χ2n) is 13.0. The van der Waals surface area contributed by atoms with E-state index in [0.717, 1.165) is 48.4 Å². The molecule has 0 radical (unpaired) electrons. The number of aryl methyl sites for hydroxylation is 1. The molecule has 52 heavy (non-hydrogen) atoms. The number of halogens is 5. The zero-order chi connectivity index (χ0) is 38.2. The Morgan fingerprint density at radius 2 is 1.71 bits per heavy atom. The number of methoxy groups -OCH3 is 1. The molecule has 3 atom stereocenters. The van der Waals surface area contributed by atoms with Crippen LogP contribution in [0.15, 0.2) is 60.7 Å². The highest BCUT2D eigenvalue weighted by molar-refractivity contribution is 6.00. The van der Waals surface area contributed by atoms with Crippen LogP contribution in [0.3, 0.4) is 0 Å². The predicted octanol–water partition coefficient (Wildman–Crippen LogP) is 5.12. The zero-order valence-electron chi connectivity index (χ0n) is 28.6. The van der Waals surface area contributed by atoms with E-state index in [0.29, 0.717) is 18.7 Å². The molecule has 2 fully saturated rings. The molecule has 1 saturated carbocycles. The normalized spacial score (nSPS) is 17.3. The molecule has 3 aromatic carbocycles. The number of aliphatic carboxylic acids is 1. The summed E-state index contributed by atoms with van der Waals surface area (Å²) >= 11 is 0. The number of carbonyl (C=O) groups excluding carboxylic acids is 2. The van der Waals surface area contributed by atoms with Crippen molar-refractivity contribution < 1.29 is 51.3 Å². The van der Waals surface area contributed by atoms with E-state index < -0.39 is 41.8 Å². The predicted molar refractivity (Wildman–Crippen MR) is 181 cm³/mol. The molecular formula is C38H40F5N3O6. The van der Waals surface area contributed by atoms with Crippen LogP contribution >= 0.6 is 0 Å². The summed E-state index contributed by atoms with van der Waals surface area (Å²) in [5.41, 5.74) is 3.08. The molecule has 2 aliphatic rings. The first kappa shape index (κ1) is 39.9. The lowest BCUT2D eigenvalue weighted by Gasteiger charge is -2.28. The molecule has 278 valence electrons. The van der Waals surface area contributed by atoms with Gasteiger partial charge in [0.05, 0.1) is 24.8 Å². The van der Waals surface area contributed by atoms with Gasteiger partial charge in [-0.25, -0.2) is 13.6 Å². The summed E-state index contributed by atoms with van der Waals surface area (Å²) < 4.78 is 65.2. The van der Waals surface area contributed by atoms with Crippen LogP contribution in [-0.2, 0) is 21.5 Å². The highest BCUT2D eigenvalue weighted by Gasteiger charge is 2.44. The fraction of sp³-hybridized carbons (Fsp3) is 0.395. The zero-order valence-corrected chi connectivity index (χ0v) is 28.6. The van der Waals surface area contributed by atoms with Gasteiger partial charge in [0.25, 0.3) is 11.8 Å². The van der Waals surface area contributed by atoms with Crippen LogP contribution in [0, 0.1) is 30.9 Å². The summed E-state index contributed by atoms with van der Waals surface area (Å²) in [5, 5.41) is 24.8. The number of nitrogens with one attached hydrogen (secondary N) is 2. The second kappa shape index (κ2) is 17.1. The van der Waals surface area contributed by atoms with Crippen molar-refractivity contribution in [2.45, 2.75) is 68.9 Å². The molecule has 5 rings (SSSR count). The molecule has 1 aliphatic carbocycles. The fourth-order valence-corrected chi connectivity index (χ4v) is 6.23. The molecule has 14 heteroatoms. The average molecular weight is 730 g/mol. The van der Waals surface area contributed by atoms with E-state index in [2.05, 4.69) is 16.6 Å². The number of aliphatic hydroxyl groups excluding tert-OH is 1. The number of terminal acetylenes is 1. The van der Waals surface area contributed by atoms with E-state index in [1.54, 1.807) is 37.1 Å². The average Bonchev–Trinajstić information content (AvgIpc) is 3.75. The first-order chi connectivity index (χ1) is 24.5. The van der Waals surface area contributed by atoms with Gasteiger partial charge in [-0.3, -0.25) is 9.59 Å². The lowest BCUT2D eigenvalue weighted by Crippen LogP contribution is -2.50. The number of rotatable bonds is 12. The molecule has 0 aromatic heterocycles. The Labute approximate surface area is 298 Å². The van der Waals surface area contributed by atoms with Crippen LogP contribution in [0.4, 0.5) is 22.0 Å². The molecule has 4 N–H and O–H groups in total. The van der Waals surface area contributed by atoms with Crippen molar-refractivity contribution in [2.24, 2.45) is 0 Å². The number of likely N-dealkylation sites (tertiary alicyclic amines) is 1. The monoisotopic (exact) mass is 729 g/mol. The Hall–Kier alpha value is -4.84. The summed E-state index contributed by atoms with van der Waals surface area (Å²) in [7, 11) is 1.61. The molecule has 2 amide bonds. The number of nitrogens with zero attached hydrogens (tertiary/aromatic N) is 1. The number of carbonyl (C=O) groups is 3. The van der Waals surface area contributed by atoms with Crippen LogP contribution in [0.5, 0.6) is 0 Å². The van der Waals surface area contributed by atoms with E-state index in [9.17, 15) is 36.6 Å². The molecule has 1 saturated heterocycles. The van der Waals surface area contributed by atoms with E-state index in [1.165, 1.54) is 12.1 Å². The molecule has 3 aromatic rings. The topological polar surface area (TPSA) is 128 Å². The first-order valence-electron chi connectivity index (χ1n) is 16.5. The minimum absolute atomic E-state index is 0.0209. The Kier molecular flexibility index (Phi) is 13.1. The third-order valence-corrected chi connectivity index (χ3v) is 8.97. The van der Waals surface area contributed by atoms with Gasteiger partial charge in [-0.2, -0.15) is 13.2 Å². The van der Waals surface area contributed by atoms with Crippen molar-refractivity contribution in [2.75, 3.05) is 26.8 Å². The van der Waals surface area contributed by atoms with Crippen molar-refractivity contribution in [1.29, 1.82) is 0 Å². The molecule has 1 aliphatic heterocycles. The van der Waals surface area contributed by atoms with Gasteiger partial charge in [-0.15, -0.1) is 6.42 Å². The smallest absolute Gasteiger partial charge is 0.475 e. The molecule has 1 heterocycles. The third-order valence-electron chi connectivity index (χ3n) is 8.97.